The fourth-order valence-electron chi connectivity index (χ4n) is 2.75. The summed E-state index contributed by atoms with van der Waals surface area (Å²) in [5, 5.41) is 3.19. The van der Waals surface area contributed by atoms with Crippen molar-refractivity contribution >= 4 is 17.2 Å². The summed E-state index contributed by atoms with van der Waals surface area (Å²) in [5.41, 5.74) is 5.33. The summed E-state index contributed by atoms with van der Waals surface area (Å²) in [5.74, 6) is 0.141. The van der Waals surface area contributed by atoms with Gasteiger partial charge in [0, 0.05) is 49.2 Å². The van der Waals surface area contributed by atoms with Gasteiger partial charge in [-0.15, -0.1) is 0 Å². The van der Waals surface area contributed by atoms with Gasteiger partial charge in [-0.25, -0.2) is 0 Å². The number of nitrogens with zero attached hydrogens (tertiary/aromatic N) is 1. The highest BCUT2D eigenvalue weighted by Crippen LogP contribution is 2.34. The summed E-state index contributed by atoms with van der Waals surface area (Å²) in [7, 11) is 3.91. The third-order valence-electron chi connectivity index (χ3n) is 4.04. The molecule has 0 atom stereocenters. The molecule has 0 unspecified atom stereocenters. The van der Waals surface area contributed by atoms with E-state index in [4.69, 9.17) is 0 Å². The van der Waals surface area contributed by atoms with E-state index in [9.17, 15) is 4.79 Å². The number of rotatable bonds is 4. The van der Waals surface area contributed by atoms with Crippen molar-refractivity contribution in [1.29, 1.82) is 0 Å². The van der Waals surface area contributed by atoms with E-state index in [-0.39, 0.29) is 5.78 Å². The molecule has 1 aliphatic carbocycles. The topological polar surface area (TPSA) is 32.3 Å². The van der Waals surface area contributed by atoms with Crippen LogP contribution >= 0.6 is 0 Å². The first-order valence-corrected chi connectivity index (χ1v) is 7.71. The first-order chi connectivity index (χ1) is 11.2. The lowest BCUT2D eigenvalue weighted by atomic mass is 10.0. The predicted octanol–water partition coefficient (Wildman–Crippen LogP) is 4.24. The van der Waals surface area contributed by atoms with E-state index >= 15 is 0 Å². The van der Waals surface area contributed by atoms with E-state index in [0.29, 0.717) is 6.42 Å². The molecule has 3 heteroatoms. The Balaban J connectivity index is 2.08. The van der Waals surface area contributed by atoms with Crippen molar-refractivity contribution in [2.75, 3.05) is 24.3 Å². The first-order valence-electron chi connectivity index (χ1n) is 7.71. The maximum Gasteiger partial charge on any atom is 0.161 e. The molecule has 0 radical (unpaired) electrons. The van der Waals surface area contributed by atoms with Gasteiger partial charge in [0.2, 0.25) is 0 Å². The Bertz CT molecular complexity index is 775. The monoisotopic (exact) mass is 304 g/mol. The zero-order valence-electron chi connectivity index (χ0n) is 13.4. The predicted molar refractivity (Wildman–Crippen MR) is 96.7 cm³/mol. The van der Waals surface area contributed by atoms with Crippen LogP contribution in [0.2, 0.25) is 0 Å². The molecule has 0 fully saturated rings. The average molecular weight is 304 g/mol. The van der Waals surface area contributed by atoms with Crippen LogP contribution in [0.5, 0.6) is 0 Å². The maximum absolute atomic E-state index is 11.7. The third-order valence-corrected chi connectivity index (χ3v) is 4.04. The number of anilines is 2. The molecule has 0 heterocycles. The average Bonchev–Trinajstić information content (AvgIpc) is 2.61. The molecule has 0 saturated heterocycles. The number of likely N-dealkylation sites (N-methyl/N-ethyl adjacent to an activating group) is 1. The fourth-order valence-corrected chi connectivity index (χ4v) is 2.75. The Kier molecular flexibility index (Phi) is 4.29. The molecule has 0 amide bonds. The van der Waals surface area contributed by atoms with Gasteiger partial charge < -0.3 is 10.2 Å². The molecule has 3 nitrogen and oxygen atoms in total. The lowest BCUT2D eigenvalue weighted by molar-refractivity contribution is -0.113. The lowest BCUT2D eigenvalue weighted by Gasteiger charge is -2.25. The number of hydrogen-bond donors (Lipinski definition) is 1. The summed E-state index contributed by atoms with van der Waals surface area (Å²) in [6.45, 7) is 0. The Morgan fingerprint density at radius 1 is 1.09 bits per heavy atom. The molecule has 0 aromatic heterocycles. The van der Waals surface area contributed by atoms with Crippen LogP contribution in [0.15, 0.2) is 72.5 Å². The minimum atomic E-state index is 0.141. The SMILES string of the molecule is CNc1ccc(N(C)C2=CC(=O)CC=C2)c(-c2ccccc2)c1. The van der Waals surface area contributed by atoms with Gasteiger partial charge in [0.1, 0.15) is 0 Å². The number of nitrogens with one attached hydrogen (secondary N) is 1. The van der Waals surface area contributed by atoms with Crippen LogP contribution in [0.1, 0.15) is 6.42 Å². The molecule has 3 rings (SSSR count). The normalized spacial score (nSPS) is 13.7. The van der Waals surface area contributed by atoms with E-state index in [1.807, 2.05) is 50.5 Å². The van der Waals surface area contributed by atoms with E-state index < -0.39 is 0 Å². The zero-order valence-corrected chi connectivity index (χ0v) is 13.4. The van der Waals surface area contributed by atoms with Crippen LogP contribution in [0.3, 0.4) is 0 Å². The lowest BCUT2D eigenvalue weighted by Crippen LogP contribution is -2.18. The van der Waals surface area contributed by atoms with Gasteiger partial charge >= 0.3 is 0 Å². The number of carbonyl (C=O) groups excluding carboxylic acids is 1. The summed E-state index contributed by atoms with van der Waals surface area (Å²) in [4.78, 5) is 13.8. The van der Waals surface area contributed by atoms with Crippen molar-refractivity contribution in [2.24, 2.45) is 0 Å². The van der Waals surface area contributed by atoms with Crippen molar-refractivity contribution in [2.45, 2.75) is 6.42 Å². The van der Waals surface area contributed by atoms with Crippen molar-refractivity contribution < 1.29 is 4.79 Å². The molecule has 0 saturated carbocycles. The van der Waals surface area contributed by atoms with Crippen LogP contribution in [0, 0.1) is 0 Å². The molecular formula is C20H20N2O. The highest BCUT2D eigenvalue weighted by Gasteiger charge is 2.15. The molecule has 1 N–H and O–H groups in total. The van der Waals surface area contributed by atoms with Crippen molar-refractivity contribution in [1.82, 2.24) is 0 Å². The van der Waals surface area contributed by atoms with Crippen LogP contribution in [0.25, 0.3) is 11.1 Å². The largest absolute Gasteiger partial charge is 0.388 e. The standard InChI is InChI=1S/C20H20N2O/c1-21-16-11-12-20(19(13-16)15-7-4-3-5-8-15)22(2)17-9-6-10-18(23)14-17/h3-9,11-14,21H,10H2,1-2H3. The number of benzene rings is 2. The van der Waals surface area contributed by atoms with Crippen molar-refractivity contribution in [3.8, 4) is 11.1 Å². The molecule has 0 spiro atoms. The number of hydrogen-bond acceptors (Lipinski definition) is 3. The van der Waals surface area contributed by atoms with Gasteiger partial charge in [0.05, 0.1) is 0 Å². The molecular weight excluding hydrogens is 284 g/mol. The molecule has 0 aliphatic heterocycles. The van der Waals surface area contributed by atoms with Crippen LogP contribution in [-0.4, -0.2) is 19.9 Å². The van der Waals surface area contributed by atoms with Gasteiger partial charge in [-0.1, -0.05) is 36.4 Å². The Labute approximate surface area is 136 Å². The third kappa shape index (κ3) is 3.19. The van der Waals surface area contributed by atoms with Crippen molar-refractivity contribution in [3.63, 3.8) is 0 Å². The van der Waals surface area contributed by atoms with Crippen LogP contribution < -0.4 is 10.2 Å². The van der Waals surface area contributed by atoms with Gasteiger partial charge in [-0.3, -0.25) is 4.79 Å². The smallest absolute Gasteiger partial charge is 0.161 e. The summed E-state index contributed by atoms with van der Waals surface area (Å²) in [6.07, 6.45) is 6.11. The van der Waals surface area contributed by atoms with E-state index in [0.717, 1.165) is 28.2 Å². The van der Waals surface area contributed by atoms with E-state index in [1.165, 1.54) is 0 Å². The number of ketones is 1. The Morgan fingerprint density at radius 3 is 2.57 bits per heavy atom. The van der Waals surface area contributed by atoms with Crippen LogP contribution in [0.4, 0.5) is 11.4 Å². The number of allylic oxidation sites excluding steroid dienone is 3. The summed E-state index contributed by atoms with van der Waals surface area (Å²) in [6, 6.07) is 16.6. The molecule has 116 valence electrons. The van der Waals surface area contributed by atoms with E-state index in [1.54, 1.807) is 6.08 Å². The quantitative estimate of drug-likeness (QED) is 0.916. The minimum Gasteiger partial charge on any atom is -0.388 e. The Hall–Kier alpha value is -2.81. The number of carbonyl (C=O) groups is 1. The fraction of sp³-hybridized carbons (Fsp3) is 0.150. The zero-order chi connectivity index (χ0) is 16.2. The van der Waals surface area contributed by atoms with Gasteiger partial charge in [0.15, 0.2) is 5.78 Å². The first kappa shape index (κ1) is 15.1. The van der Waals surface area contributed by atoms with E-state index in [2.05, 4.69) is 34.5 Å². The highest BCUT2D eigenvalue weighted by atomic mass is 16.1. The summed E-state index contributed by atoms with van der Waals surface area (Å²) < 4.78 is 0. The van der Waals surface area contributed by atoms with Gasteiger partial charge in [0.25, 0.3) is 0 Å². The molecule has 0 bridgehead atoms. The van der Waals surface area contributed by atoms with Gasteiger partial charge in [-0.2, -0.15) is 0 Å². The molecule has 2 aromatic rings. The summed E-state index contributed by atoms with van der Waals surface area (Å²) >= 11 is 0. The van der Waals surface area contributed by atoms with Gasteiger partial charge in [-0.05, 0) is 29.8 Å². The second-order valence-electron chi connectivity index (χ2n) is 5.55. The van der Waals surface area contributed by atoms with Crippen molar-refractivity contribution in [3.05, 3.63) is 72.5 Å². The minimum absolute atomic E-state index is 0.141. The second kappa shape index (κ2) is 6.53. The molecule has 1 aliphatic rings. The molecule has 2 aromatic carbocycles. The highest BCUT2D eigenvalue weighted by molar-refractivity contribution is 5.94. The maximum atomic E-state index is 11.7. The van der Waals surface area contributed by atoms with Crippen LogP contribution in [-0.2, 0) is 4.79 Å². The second-order valence-corrected chi connectivity index (χ2v) is 5.55. The molecule has 23 heavy (non-hydrogen) atoms. The Morgan fingerprint density at radius 2 is 1.87 bits per heavy atom.